The van der Waals surface area contributed by atoms with Gasteiger partial charge in [0.25, 0.3) is 23.6 Å². The molecule has 0 bridgehead atoms. The highest BCUT2D eigenvalue weighted by molar-refractivity contribution is 9.11. The van der Waals surface area contributed by atoms with Gasteiger partial charge in [0.2, 0.25) is 34.9 Å². The number of halogens is 3. The number of Topliss-reactive ketones (excluding diaryl/α,β-unsaturated/α-hetero) is 1. The average molecular weight is 2170 g/mol. The SMILES string of the molecule is C=C(C(=O)OC)c1cnc(C(=O)N(COCC[Si](C)(C)C)c2ccccc2)nc1.CC1(C)OB(c2cnc(C(=O)N(COCC[Si](C)(C)C)c3ccccc3)nc2)OC1(C)C.COC(=O)C(C)c1cnc(C(=O)N(COCC[Si](C)(C)C)c2ccccc2)nc1.C[Si](C)(C)CCOCN(C(=O)c1ncc(Br)cn1)c1ccccc1.O=C(Cc1ccccc1)c1ncc(Br)cn1.O=C(O)c1ncc(Br)cn1. The second-order valence-corrected chi connectivity index (χ2v) is 62.7. The highest BCUT2D eigenvalue weighted by Crippen LogP contribution is 2.37. The molecule has 742 valence electrons. The molecule has 7 heterocycles. The summed E-state index contributed by atoms with van der Waals surface area (Å²) in [7, 11) is -2.80. The van der Waals surface area contributed by atoms with Gasteiger partial charge in [0.15, 0.2) is 5.82 Å². The first kappa shape index (κ1) is 115. The molecule has 33 nitrogen and oxygen atoms in total. The zero-order valence-corrected chi connectivity index (χ0v) is 91.4. The summed E-state index contributed by atoms with van der Waals surface area (Å²) >= 11 is 9.58. The molecule has 0 spiro atoms. The van der Waals surface area contributed by atoms with Gasteiger partial charge in [-0.25, -0.2) is 69.4 Å². The largest absolute Gasteiger partial charge is 0.498 e. The lowest BCUT2D eigenvalue weighted by atomic mass is 9.81. The van der Waals surface area contributed by atoms with Crippen molar-refractivity contribution in [3.05, 3.63) is 298 Å². The Morgan fingerprint density at radius 3 is 0.929 bits per heavy atom. The molecular formula is C99H124BBr3N16O17Si4. The van der Waals surface area contributed by atoms with Crippen molar-refractivity contribution in [2.75, 3.05) is 87.2 Å². The standard InChI is InChI=1S/C23H34BN3O4Si.C21H29N3O4Si.C21H27N3O4Si.C17H22BrN3O2Si.C12H9BrN2O.C5H3BrN2O2/c1-22(2)23(3,4)31-24(30-22)18-15-25-20(26-16-18)21(28)27(19-11-9-8-10-12-19)17-29-13-14-32(5,6)7;2*1-16(21(26)27-2)17-13-22-19(23-14-17)20(25)24(18-9-7-6-8-10-18)15-28-11-12-29(3,4)5;1-24(2,3)10-9-23-13-21(15-7-5-4-6-8-15)17(22)16-19-11-14(18)12-20-16;13-10-7-14-12(15-8-10)11(16)6-9-4-2-1-3-5-9;6-3-1-7-4(5(9)10)8-2-3/h8-12,15-16H,13-14,17H2,1-7H3;6-10,13-14,16H,11-12,15H2,1-5H3;6-10,13-14H,1,11-12,15H2,2-5H3;4-8,11-12H,9-10,13H2,1-3H3;1-5,7-8H,6H2;1-2H,(H,9,10). The summed E-state index contributed by atoms with van der Waals surface area (Å²) < 4.78 is 46.8. The van der Waals surface area contributed by atoms with Crippen LogP contribution in [-0.4, -0.2) is 230 Å². The number of para-hydroxylation sites is 4. The maximum absolute atomic E-state index is 13.2. The number of benzene rings is 5. The number of carbonyl (C=O) groups excluding carboxylic acids is 7. The summed E-state index contributed by atoms with van der Waals surface area (Å²) in [4.78, 5) is 152. The summed E-state index contributed by atoms with van der Waals surface area (Å²) in [6.45, 7) is 43.8. The Morgan fingerprint density at radius 2 is 0.650 bits per heavy atom. The van der Waals surface area contributed by atoms with E-state index in [0.29, 0.717) is 65.3 Å². The molecular weight excluding hydrogens is 2050 g/mol. The predicted octanol–water partition coefficient (Wildman–Crippen LogP) is 18.9. The van der Waals surface area contributed by atoms with Crippen LogP contribution in [0.1, 0.15) is 121 Å². The van der Waals surface area contributed by atoms with E-state index in [1.165, 1.54) is 61.2 Å². The van der Waals surface area contributed by atoms with Crippen molar-refractivity contribution < 1.29 is 81.2 Å². The molecule has 0 saturated carbocycles. The van der Waals surface area contributed by atoms with Gasteiger partial charge >= 0.3 is 25.0 Å². The second-order valence-electron chi connectivity index (χ2n) is 37.5. The van der Waals surface area contributed by atoms with Gasteiger partial charge in [-0.1, -0.05) is 188 Å². The third kappa shape index (κ3) is 39.8. The number of aromatic carboxylic acids is 1. The number of carboxylic acid groups (broad SMARTS) is 1. The van der Waals surface area contributed by atoms with Gasteiger partial charge in [-0.3, -0.25) is 48.4 Å². The molecule has 12 rings (SSSR count). The second kappa shape index (κ2) is 56.2. The summed E-state index contributed by atoms with van der Waals surface area (Å²) in [5.41, 5.74) is 4.76. The molecule has 4 amide bonds. The molecule has 140 heavy (non-hydrogen) atoms. The van der Waals surface area contributed by atoms with E-state index in [9.17, 15) is 38.4 Å². The Bertz CT molecular complexity index is 5730. The topological polar surface area (TPSA) is 398 Å². The first-order valence-corrected chi connectivity index (χ1v) is 62.1. The van der Waals surface area contributed by atoms with E-state index >= 15 is 0 Å². The molecule has 0 aliphatic carbocycles. The molecule has 41 heteroatoms. The number of carboxylic acids is 1. The van der Waals surface area contributed by atoms with Crippen molar-refractivity contribution in [2.24, 2.45) is 0 Å². The molecule has 1 aliphatic heterocycles. The van der Waals surface area contributed by atoms with Crippen LogP contribution in [0.4, 0.5) is 22.7 Å². The number of hydrogen-bond acceptors (Lipinski definition) is 28. The number of esters is 2. The molecule has 11 aromatic rings. The summed E-state index contributed by atoms with van der Waals surface area (Å²) in [5.74, 6) is -3.62. The Hall–Kier alpha value is -11.6. The van der Waals surface area contributed by atoms with Crippen molar-refractivity contribution >= 4 is 168 Å². The molecule has 5 aromatic carbocycles. The van der Waals surface area contributed by atoms with Crippen LogP contribution in [0.15, 0.2) is 246 Å². The van der Waals surface area contributed by atoms with E-state index in [-0.39, 0.29) is 103 Å². The Kier molecular flexibility index (Phi) is 46.3. The number of ketones is 1. The van der Waals surface area contributed by atoms with E-state index in [2.05, 4.69) is 197 Å². The van der Waals surface area contributed by atoms with E-state index in [0.717, 1.165) is 50.1 Å². The highest BCUT2D eigenvalue weighted by Gasteiger charge is 2.52. The number of ether oxygens (including phenoxy) is 6. The molecule has 1 saturated heterocycles. The minimum atomic E-state index is -1.23. The Labute approximate surface area is 848 Å². The van der Waals surface area contributed by atoms with Gasteiger partial charge in [0, 0.05) is 179 Å². The van der Waals surface area contributed by atoms with Gasteiger partial charge in [-0.2, -0.15) is 0 Å². The van der Waals surface area contributed by atoms with Gasteiger partial charge in [-0.05, 0) is 161 Å². The van der Waals surface area contributed by atoms with Crippen molar-refractivity contribution in [1.29, 1.82) is 0 Å². The lowest BCUT2D eigenvalue weighted by Crippen LogP contribution is -2.41. The zero-order valence-electron chi connectivity index (χ0n) is 82.7. The minimum absolute atomic E-state index is 0.00376. The van der Waals surface area contributed by atoms with Crippen molar-refractivity contribution in [2.45, 2.75) is 161 Å². The van der Waals surface area contributed by atoms with Gasteiger partial charge < -0.3 is 42.8 Å². The molecule has 1 unspecified atom stereocenters. The molecule has 1 atom stereocenters. The van der Waals surface area contributed by atoms with E-state index in [1.807, 2.05) is 179 Å². The number of methoxy groups -OCH3 is 2. The van der Waals surface area contributed by atoms with Crippen LogP contribution in [0.25, 0.3) is 5.57 Å². The maximum Gasteiger partial charge on any atom is 0.498 e. The van der Waals surface area contributed by atoms with Crippen LogP contribution in [0.5, 0.6) is 0 Å². The van der Waals surface area contributed by atoms with E-state index < -0.39 is 68.5 Å². The number of nitrogens with zero attached hydrogens (tertiary/aromatic N) is 16. The smallest absolute Gasteiger partial charge is 0.475 e. The van der Waals surface area contributed by atoms with Gasteiger partial charge in [0.1, 0.15) is 26.9 Å². The number of amides is 4. The lowest BCUT2D eigenvalue weighted by Gasteiger charge is -2.32. The quantitative estimate of drug-likeness (QED) is 0.00943. The Balaban J connectivity index is 0.000000234. The number of aromatic nitrogens is 12. The van der Waals surface area contributed by atoms with Gasteiger partial charge in [0.05, 0.1) is 50.3 Å². The Morgan fingerprint density at radius 1 is 0.386 bits per heavy atom. The maximum atomic E-state index is 13.2. The third-order valence-electron chi connectivity index (χ3n) is 20.7. The molecule has 1 N–H and O–H groups in total. The van der Waals surface area contributed by atoms with Crippen molar-refractivity contribution in [3.8, 4) is 0 Å². The monoisotopic (exact) mass is 2170 g/mol. The van der Waals surface area contributed by atoms with E-state index in [4.69, 9.17) is 38.1 Å². The molecule has 1 fully saturated rings. The van der Waals surface area contributed by atoms with Crippen LogP contribution in [0.2, 0.25) is 103 Å². The molecule has 6 aromatic heterocycles. The number of anilines is 4. The average Bonchev–Trinajstić information content (AvgIpc) is 1.62. The predicted molar refractivity (Wildman–Crippen MR) is 563 cm³/mol. The molecule has 1 aliphatic rings. The fourth-order valence-corrected chi connectivity index (χ4v) is 15.2. The number of rotatable bonds is 37. The normalized spacial score (nSPS) is 12.6. The van der Waals surface area contributed by atoms with Crippen LogP contribution in [-0.2, 0) is 53.7 Å². The number of hydrogen-bond donors (Lipinski definition) is 1. The number of carbonyl (C=O) groups is 8. The first-order valence-electron chi connectivity index (χ1n) is 44.9. The van der Waals surface area contributed by atoms with Crippen LogP contribution in [0.3, 0.4) is 0 Å². The highest BCUT2D eigenvalue weighted by atomic mass is 79.9. The van der Waals surface area contributed by atoms with Gasteiger partial charge in [-0.15, -0.1) is 0 Å². The van der Waals surface area contributed by atoms with Crippen LogP contribution in [0, 0.1) is 0 Å². The van der Waals surface area contributed by atoms with Crippen LogP contribution >= 0.6 is 47.8 Å². The summed E-state index contributed by atoms with van der Waals surface area (Å²) in [6, 6.07) is 51.1. The summed E-state index contributed by atoms with van der Waals surface area (Å²) in [6.07, 6.45) is 18.3. The van der Waals surface area contributed by atoms with Crippen LogP contribution < -0.4 is 25.1 Å². The fraction of sp³-hybridized carbons (Fsp3) is 0.354. The minimum Gasteiger partial charge on any atom is -0.475 e. The van der Waals surface area contributed by atoms with Crippen molar-refractivity contribution in [3.63, 3.8) is 0 Å². The fourth-order valence-electron chi connectivity index (χ4n) is 11.6. The van der Waals surface area contributed by atoms with E-state index in [1.54, 1.807) is 53.9 Å². The van der Waals surface area contributed by atoms with Crippen molar-refractivity contribution in [1.82, 2.24) is 59.8 Å². The zero-order chi connectivity index (χ0) is 103. The lowest BCUT2D eigenvalue weighted by molar-refractivity contribution is -0.142. The summed E-state index contributed by atoms with van der Waals surface area (Å²) in [5, 5.41) is 8.34. The molecule has 0 radical (unpaired) electrons. The first-order chi connectivity index (χ1) is 66.2. The third-order valence-corrected chi connectivity index (χ3v) is 28.8.